The van der Waals surface area contributed by atoms with Crippen molar-refractivity contribution in [3.8, 4) is 0 Å². The SMILES string of the molecule is Cc1ccc(S(=O)(=O)Nc2ccc(N(C)c3ccccc3)cn2)cc1. The minimum Gasteiger partial charge on any atom is -0.343 e. The minimum atomic E-state index is -3.64. The fourth-order valence-corrected chi connectivity index (χ4v) is 3.37. The topological polar surface area (TPSA) is 62.3 Å². The lowest BCUT2D eigenvalue weighted by Gasteiger charge is -2.19. The van der Waals surface area contributed by atoms with E-state index in [4.69, 9.17) is 0 Å². The summed E-state index contributed by atoms with van der Waals surface area (Å²) in [5.41, 5.74) is 2.90. The smallest absolute Gasteiger partial charge is 0.263 e. The molecule has 0 aliphatic heterocycles. The summed E-state index contributed by atoms with van der Waals surface area (Å²) in [5.74, 6) is 0.283. The molecule has 5 nitrogen and oxygen atoms in total. The van der Waals surface area contributed by atoms with E-state index in [-0.39, 0.29) is 10.7 Å². The van der Waals surface area contributed by atoms with Crippen molar-refractivity contribution in [2.24, 2.45) is 0 Å². The van der Waals surface area contributed by atoms with E-state index in [0.717, 1.165) is 16.9 Å². The molecule has 3 rings (SSSR count). The molecule has 0 aliphatic carbocycles. The van der Waals surface area contributed by atoms with Gasteiger partial charge in [0.05, 0.1) is 16.8 Å². The zero-order valence-electron chi connectivity index (χ0n) is 14.0. The Hall–Kier alpha value is -2.86. The molecule has 0 saturated carbocycles. The summed E-state index contributed by atoms with van der Waals surface area (Å²) in [4.78, 5) is 6.41. The first-order valence-corrected chi connectivity index (χ1v) is 9.28. The first-order valence-electron chi connectivity index (χ1n) is 7.80. The quantitative estimate of drug-likeness (QED) is 0.754. The Kier molecular flexibility index (Phi) is 4.72. The van der Waals surface area contributed by atoms with E-state index in [1.54, 1.807) is 36.5 Å². The van der Waals surface area contributed by atoms with Crippen molar-refractivity contribution < 1.29 is 8.42 Å². The number of hydrogen-bond acceptors (Lipinski definition) is 4. The maximum atomic E-state index is 12.4. The molecule has 25 heavy (non-hydrogen) atoms. The predicted molar refractivity (Wildman–Crippen MR) is 101 cm³/mol. The van der Waals surface area contributed by atoms with Crippen molar-refractivity contribution in [2.75, 3.05) is 16.7 Å². The third kappa shape index (κ3) is 3.97. The largest absolute Gasteiger partial charge is 0.343 e. The lowest BCUT2D eigenvalue weighted by Crippen LogP contribution is -2.14. The zero-order valence-corrected chi connectivity index (χ0v) is 14.9. The highest BCUT2D eigenvalue weighted by atomic mass is 32.2. The molecule has 1 heterocycles. The van der Waals surface area contributed by atoms with Crippen LogP contribution in [0.25, 0.3) is 0 Å². The average Bonchev–Trinajstić information content (AvgIpc) is 2.62. The van der Waals surface area contributed by atoms with Crippen LogP contribution in [0.15, 0.2) is 77.8 Å². The Balaban J connectivity index is 1.77. The second kappa shape index (κ2) is 6.94. The van der Waals surface area contributed by atoms with Crippen LogP contribution in [0.4, 0.5) is 17.2 Å². The molecule has 0 aliphatic rings. The lowest BCUT2D eigenvalue weighted by molar-refractivity contribution is 0.601. The molecule has 0 atom stereocenters. The number of rotatable bonds is 5. The number of aryl methyl sites for hydroxylation is 1. The summed E-state index contributed by atoms with van der Waals surface area (Å²) in [6.45, 7) is 1.91. The minimum absolute atomic E-state index is 0.213. The van der Waals surface area contributed by atoms with Crippen molar-refractivity contribution in [1.82, 2.24) is 4.98 Å². The van der Waals surface area contributed by atoms with Crippen LogP contribution in [-0.2, 0) is 10.0 Å². The number of hydrogen-bond donors (Lipinski definition) is 1. The molecule has 0 saturated heterocycles. The number of benzene rings is 2. The van der Waals surface area contributed by atoms with Gasteiger partial charge in [-0.25, -0.2) is 13.4 Å². The number of para-hydroxylation sites is 1. The van der Waals surface area contributed by atoms with Crippen molar-refractivity contribution >= 4 is 27.2 Å². The first kappa shape index (κ1) is 17.0. The van der Waals surface area contributed by atoms with E-state index in [1.165, 1.54) is 0 Å². The highest BCUT2D eigenvalue weighted by Gasteiger charge is 2.14. The number of sulfonamides is 1. The molecule has 0 amide bonds. The first-order chi connectivity index (χ1) is 12.0. The number of aromatic nitrogens is 1. The molecule has 0 spiro atoms. The molecule has 3 aromatic rings. The van der Waals surface area contributed by atoms with Gasteiger partial charge in [-0.3, -0.25) is 4.72 Å². The molecule has 0 bridgehead atoms. The van der Waals surface area contributed by atoms with Crippen LogP contribution in [0.5, 0.6) is 0 Å². The van der Waals surface area contributed by atoms with Gasteiger partial charge in [0.2, 0.25) is 0 Å². The van der Waals surface area contributed by atoms with Gasteiger partial charge in [0.15, 0.2) is 0 Å². The van der Waals surface area contributed by atoms with E-state index in [1.807, 2.05) is 55.3 Å². The lowest BCUT2D eigenvalue weighted by atomic mass is 10.2. The summed E-state index contributed by atoms with van der Waals surface area (Å²) in [6.07, 6.45) is 1.64. The average molecular weight is 353 g/mol. The second-order valence-corrected chi connectivity index (χ2v) is 7.40. The van der Waals surface area contributed by atoms with Gasteiger partial charge in [0.1, 0.15) is 5.82 Å². The summed E-state index contributed by atoms with van der Waals surface area (Å²) >= 11 is 0. The fourth-order valence-electron chi connectivity index (χ4n) is 2.36. The van der Waals surface area contributed by atoms with E-state index in [9.17, 15) is 8.42 Å². The van der Waals surface area contributed by atoms with Crippen LogP contribution in [-0.4, -0.2) is 20.4 Å². The van der Waals surface area contributed by atoms with Gasteiger partial charge < -0.3 is 4.90 Å². The van der Waals surface area contributed by atoms with Crippen LogP contribution in [0.3, 0.4) is 0 Å². The molecule has 0 unspecified atom stereocenters. The van der Waals surface area contributed by atoms with Crippen molar-refractivity contribution in [2.45, 2.75) is 11.8 Å². The van der Waals surface area contributed by atoms with Crippen LogP contribution < -0.4 is 9.62 Å². The maximum absolute atomic E-state index is 12.4. The molecule has 1 N–H and O–H groups in total. The molecule has 1 aromatic heterocycles. The van der Waals surface area contributed by atoms with Crippen LogP contribution in [0, 0.1) is 6.92 Å². The molecule has 2 aromatic carbocycles. The Labute approximate surface area is 148 Å². The zero-order chi connectivity index (χ0) is 17.9. The van der Waals surface area contributed by atoms with Crippen LogP contribution in [0.2, 0.25) is 0 Å². The van der Waals surface area contributed by atoms with Gasteiger partial charge in [-0.1, -0.05) is 35.9 Å². The standard InChI is InChI=1S/C19H19N3O2S/c1-15-8-11-18(12-9-15)25(23,24)21-19-13-10-17(14-20-19)22(2)16-6-4-3-5-7-16/h3-14H,1-2H3,(H,20,21). The van der Waals surface area contributed by atoms with E-state index in [0.29, 0.717) is 0 Å². The van der Waals surface area contributed by atoms with Crippen LogP contribution in [0.1, 0.15) is 5.56 Å². The summed E-state index contributed by atoms with van der Waals surface area (Å²) < 4.78 is 27.3. The molecule has 0 fully saturated rings. The predicted octanol–water partition coefficient (Wildman–Crippen LogP) is 3.96. The van der Waals surface area contributed by atoms with Gasteiger partial charge in [-0.05, 0) is 43.3 Å². The second-order valence-electron chi connectivity index (χ2n) is 5.71. The van der Waals surface area contributed by atoms with Gasteiger partial charge in [-0.15, -0.1) is 0 Å². The molecular weight excluding hydrogens is 334 g/mol. The van der Waals surface area contributed by atoms with E-state index >= 15 is 0 Å². The van der Waals surface area contributed by atoms with E-state index in [2.05, 4.69) is 9.71 Å². The number of pyridine rings is 1. The molecule has 0 radical (unpaired) electrons. The van der Waals surface area contributed by atoms with Crippen molar-refractivity contribution in [1.29, 1.82) is 0 Å². The summed E-state index contributed by atoms with van der Waals surface area (Å²) in [5, 5.41) is 0. The van der Waals surface area contributed by atoms with Crippen molar-refractivity contribution in [3.05, 3.63) is 78.5 Å². The highest BCUT2D eigenvalue weighted by molar-refractivity contribution is 7.92. The Morgan fingerprint density at radius 3 is 2.16 bits per heavy atom. The van der Waals surface area contributed by atoms with Gasteiger partial charge in [0.25, 0.3) is 10.0 Å². The Bertz CT molecular complexity index is 938. The summed E-state index contributed by atoms with van der Waals surface area (Å²) in [6, 6.07) is 20.0. The van der Waals surface area contributed by atoms with Gasteiger partial charge >= 0.3 is 0 Å². The normalized spacial score (nSPS) is 11.1. The fraction of sp³-hybridized carbons (Fsp3) is 0.105. The molecule has 6 heteroatoms. The third-order valence-electron chi connectivity index (χ3n) is 3.85. The molecule has 128 valence electrons. The highest BCUT2D eigenvalue weighted by Crippen LogP contribution is 2.23. The number of nitrogens with one attached hydrogen (secondary N) is 1. The Morgan fingerprint density at radius 2 is 1.56 bits per heavy atom. The molecular formula is C19H19N3O2S. The van der Waals surface area contributed by atoms with Crippen LogP contribution >= 0.6 is 0 Å². The monoisotopic (exact) mass is 353 g/mol. The van der Waals surface area contributed by atoms with Gasteiger partial charge in [-0.2, -0.15) is 0 Å². The number of anilines is 3. The van der Waals surface area contributed by atoms with E-state index < -0.39 is 10.0 Å². The third-order valence-corrected chi connectivity index (χ3v) is 5.22. The Morgan fingerprint density at radius 1 is 0.880 bits per heavy atom. The summed E-state index contributed by atoms with van der Waals surface area (Å²) in [7, 11) is -1.71. The maximum Gasteiger partial charge on any atom is 0.263 e. The van der Waals surface area contributed by atoms with Crippen molar-refractivity contribution in [3.63, 3.8) is 0 Å². The van der Waals surface area contributed by atoms with Gasteiger partial charge in [0, 0.05) is 12.7 Å². The number of nitrogens with zero attached hydrogens (tertiary/aromatic N) is 2.